The van der Waals surface area contributed by atoms with Crippen LogP contribution in [0.1, 0.15) is 23.0 Å². The molecular formula is C13H9F3N4O2. The van der Waals surface area contributed by atoms with Crippen LogP contribution in [0.3, 0.4) is 0 Å². The first-order valence-corrected chi connectivity index (χ1v) is 5.97. The van der Waals surface area contributed by atoms with Crippen molar-refractivity contribution in [2.75, 3.05) is 5.32 Å². The Hall–Kier alpha value is -2.84. The molecule has 0 unspecified atom stereocenters. The minimum absolute atomic E-state index is 0.234. The molecule has 0 fully saturated rings. The molecule has 0 atom stereocenters. The first kappa shape index (κ1) is 15.5. The normalized spacial score (nSPS) is 11.1. The Morgan fingerprint density at radius 1 is 1.36 bits per heavy atom. The second kappa shape index (κ2) is 5.88. The summed E-state index contributed by atoms with van der Waals surface area (Å²) in [5, 5.41) is 4.61. The van der Waals surface area contributed by atoms with Crippen molar-refractivity contribution in [1.29, 1.82) is 0 Å². The highest BCUT2D eigenvalue weighted by molar-refractivity contribution is 5.95. The molecule has 6 nitrogen and oxygen atoms in total. The number of rotatable bonds is 4. The van der Waals surface area contributed by atoms with Gasteiger partial charge in [0, 0.05) is 24.0 Å². The van der Waals surface area contributed by atoms with Crippen LogP contribution in [-0.2, 0) is 5.92 Å². The van der Waals surface area contributed by atoms with Crippen LogP contribution in [0.4, 0.5) is 24.8 Å². The summed E-state index contributed by atoms with van der Waals surface area (Å²) >= 11 is 0. The van der Waals surface area contributed by atoms with Crippen molar-refractivity contribution in [2.24, 2.45) is 5.18 Å². The third-order valence-electron chi connectivity index (χ3n) is 2.60. The monoisotopic (exact) mass is 310 g/mol. The van der Waals surface area contributed by atoms with Crippen molar-refractivity contribution >= 4 is 17.5 Å². The molecule has 114 valence electrons. The molecule has 0 aliphatic heterocycles. The van der Waals surface area contributed by atoms with E-state index in [1.54, 1.807) is 0 Å². The number of nitroso groups, excluding NO2 is 1. The summed E-state index contributed by atoms with van der Waals surface area (Å²) in [6.07, 6.45) is 0.769. The number of amides is 1. The molecule has 0 bridgehead atoms. The lowest BCUT2D eigenvalue weighted by molar-refractivity contribution is 0.0117. The average Bonchev–Trinajstić information content (AvgIpc) is 2.45. The number of aromatic nitrogens is 2. The maximum absolute atomic E-state index is 13.5. The Kier molecular flexibility index (Phi) is 4.15. The molecule has 1 amide bonds. The number of anilines is 2. The SMILES string of the molecule is CC(F)(F)c1nc(Nc2cccc(F)c2)ncc1C(=O)N=O. The number of carbonyl (C=O) groups excluding carboxylic acids is 1. The summed E-state index contributed by atoms with van der Waals surface area (Å²) in [5.41, 5.74) is -1.39. The maximum Gasteiger partial charge on any atom is 0.320 e. The number of hydrogen-bond donors (Lipinski definition) is 1. The fourth-order valence-electron chi connectivity index (χ4n) is 1.68. The minimum atomic E-state index is -3.49. The van der Waals surface area contributed by atoms with Gasteiger partial charge in [0.25, 0.3) is 5.92 Å². The molecule has 2 aromatic rings. The molecule has 0 saturated heterocycles. The predicted molar refractivity (Wildman–Crippen MR) is 71.4 cm³/mol. The minimum Gasteiger partial charge on any atom is -0.324 e. The Bertz CT molecular complexity index is 731. The Balaban J connectivity index is 2.43. The molecule has 0 radical (unpaired) electrons. The van der Waals surface area contributed by atoms with E-state index in [2.05, 4.69) is 20.5 Å². The summed E-state index contributed by atoms with van der Waals surface area (Å²) in [6.45, 7) is 0.517. The Morgan fingerprint density at radius 3 is 2.68 bits per heavy atom. The van der Waals surface area contributed by atoms with Crippen molar-refractivity contribution in [2.45, 2.75) is 12.8 Å². The van der Waals surface area contributed by atoms with Crippen molar-refractivity contribution < 1.29 is 18.0 Å². The summed E-state index contributed by atoms with van der Waals surface area (Å²) in [5.74, 6) is -5.70. The van der Waals surface area contributed by atoms with Crippen LogP contribution < -0.4 is 5.32 Å². The lowest BCUT2D eigenvalue weighted by Gasteiger charge is -2.14. The van der Waals surface area contributed by atoms with Crippen LogP contribution in [-0.4, -0.2) is 15.9 Å². The summed E-state index contributed by atoms with van der Waals surface area (Å²) in [4.78, 5) is 28.6. The molecule has 1 aromatic heterocycles. The standard InChI is InChI=1S/C13H9F3N4O2/c1-13(15,16)10-9(11(21)20-22)6-17-12(19-10)18-8-4-2-3-7(14)5-8/h2-6H,1H3,(H,17,18,19). The van der Waals surface area contributed by atoms with E-state index in [0.29, 0.717) is 6.92 Å². The smallest absolute Gasteiger partial charge is 0.320 e. The van der Waals surface area contributed by atoms with E-state index in [-0.39, 0.29) is 11.6 Å². The average molecular weight is 310 g/mol. The second-order valence-corrected chi connectivity index (χ2v) is 4.38. The molecule has 0 aliphatic rings. The lowest BCUT2D eigenvalue weighted by atomic mass is 10.1. The Morgan fingerprint density at radius 2 is 2.09 bits per heavy atom. The van der Waals surface area contributed by atoms with Gasteiger partial charge in [0.1, 0.15) is 11.5 Å². The fraction of sp³-hybridized carbons (Fsp3) is 0.154. The number of nitrogens with one attached hydrogen (secondary N) is 1. The van der Waals surface area contributed by atoms with Crippen LogP contribution in [0, 0.1) is 10.7 Å². The highest BCUT2D eigenvalue weighted by atomic mass is 19.3. The van der Waals surface area contributed by atoms with E-state index in [0.717, 1.165) is 12.3 Å². The molecule has 0 spiro atoms. The quantitative estimate of drug-likeness (QED) is 0.875. The van der Waals surface area contributed by atoms with E-state index < -0.39 is 28.9 Å². The van der Waals surface area contributed by atoms with Crippen molar-refractivity contribution in [1.82, 2.24) is 9.97 Å². The molecule has 1 N–H and O–H groups in total. The van der Waals surface area contributed by atoms with Gasteiger partial charge in [-0.1, -0.05) is 6.07 Å². The van der Waals surface area contributed by atoms with Gasteiger partial charge >= 0.3 is 5.91 Å². The van der Waals surface area contributed by atoms with Gasteiger partial charge in [0.15, 0.2) is 0 Å². The van der Waals surface area contributed by atoms with Gasteiger partial charge in [-0.15, -0.1) is 4.91 Å². The zero-order chi connectivity index (χ0) is 16.3. The molecule has 22 heavy (non-hydrogen) atoms. The molecule has 1 heterocycles. The van der Waals surface area contributed by atoms with Gasteiger partial charge in [-0.25, -0.2) is 14.4 Å². The van der Waals surface area contributed by atoms with Crippen LogP contribution >= 0.6 is 0 Å². The largest absolute Gasteiger partial charge is 0.324 e. The number of benzene rings is 1. The molecule has 0 aliphatic carbocycles. The molecule has 2 rings (SSSR count). The first-order valence-electron chi connectivity index (χ1n) is 5.97. The zero-order valence-electron chi connectivity index (χ0n) is 11.2. The van der Waals surface area contributed by atoms with E-state index in [1.165, 1.54) is 18.2 Å². The van der Waals surface area contributed by atoms with E-state index in [4.69, 9.17) is 0 Å². The van der Waals surface area contributed by atoms with Crippen LogP contribution in [0.5, 0.6) is 0 Å². The van der Waals surface area contributed by atoms with Crippen LogP contribution in [0.2, 0.25) is 0 Å². The van der Waals surface area contributed by atoms with Crippen molar-refractivity contribution in [3.8, 4) is 0 Å². The highest BCUT2D eigenvalue weighted by Gasteiger charge is 2.33. The van der Waals surface area contributed by atoms with E-state index in [9.17, 15) is 22.9 Å². The number of halogens is 3. The topological polar surface area (TPSA) is 84.3 Å². The predicted octanol–water partition coefficient (Wildman–Crippen LogP) is 3.38. The lowest BCUT2D eigenvalue weighted by Crippen LogP contribution is -2.17. The van der Waals surface area contributed by atoms with E-state index >= 15 is 0 Å². The molecule has 1 aromatic carbocycles. The van der Waals surface area contributed by atoms with Gasteiger partial charge in [-0.3, -0.25) is 4.79 Å². The van der Waals surface area contributed by atoms with Gasteiger partial charge in [-0.2, -0.15) is 8.78 Å². The molecular weight excluding hydrogens is 301 g/mol. The van der Waals surface area contributed by atoms with Crippen LogP contribution in [0.25, 0.3) is 0 Å². The first-order chi connectivity index (χ1) is 10.3. The Labute approximate surface area is 122 Å². The van der Waals surface area contributed by atoms with Crippen LogP contribution in [0.15, 0.2) is 35.6 Å². The zero-order valence-corrected chi connectivity index (χ0v) is 11.2. The number of hydrogen-bond acceptors (Lipinski definition) is 5. The second-order valence-electron chi connectivity index (χ2n) is 4.38. The summed E-state index contributed by atoms with van der Waals surface area (Å²) in [6, 6.07) is 5.19. The van der Waals surface area contributed by atoms with Gasteiger partial charge in [-0.05, 0) is 18.2 Å². The fourth-order valence-corrected chi connectivity index (χ4v) is 1.68. The third kappa shape index (κ3) is 3.43. The van der Waals surface area contributed by atoms with Gasteiger partial charge in [0.2, 0.25) is 5.95 Å². The summed E-state index contributed by atoms with van der Waals surface area (Å²) in [7, 11) is 0. The summed E-state index contributed by atoms with van der Waals surface area (Å²) < 4.78 is 40.1. The highest BCUT2D eigenvalue weighted by Crippen LogP contribution is 2.29. The van der Waals surface area contributed by atoms with Gasteiger partial charge in [0.05, 0.1) is 5.56 Å². The van der Waals surface area contributed by atoms with Crippen molar-refractivity contribution in [3.05, 3.63) is 52.4 Å². The van der Waals surface area contributed by atoms with E-state index in [1.807, 2.05) is 0 Å². The molecule has 9 heteroatoms. The number of nitrogens with zero attached hydrogens (tertiary/aromatic N) is 3. The van der Waals surface area contributed by atoms with Gasteiger partial charge < -0.3 is 5.32 Å². The number of alkyl halides is 2. The third-order valence-corrected chi connectivity index (χ3v) is 2.60. The molecule has 0 saturated carbocycles. The number of carbonyl (C=O) groups is 1. The van der Waals surface area contributed by atoms with Crippen molar-refractivity contribution in [3.63, 3.8) is 0 Å². The maximum atomic E-state index is 13.5.